The maximum atomic E-state index is 12.2. The van der Waals surface area contributed by atoms with E-state index in [4.69, 9.17) is 4.74 Å². The molecule has 1 unspecified atom stereocenters. The summed E-state index contributed by atoms with van der Waals surface area (Å²) >= 11 is 0. The van der Waals surface area contributed by atoms with Crippen molar-refractivity contribution in [3.8, 4) is 5.75 Å². The van der Waals surface area contributed by atoms with Gasteiger partial charge in [-0.05, 0) is 25.5 Å². The standard InChI is InChI=1S/C16H20N4O2/c1-4-11(2)19-16-17-9-12(10-18-16)15(21)20-13-7-5-6-8-14(13)22-3/h5-11H,4H2,1-3H3,(H,20,21)(H,17,18,19). The molecule has 0 saturated heterocycles. The summed E-state index contributed by atoms with van der Waals surface area (Å²) in [6, 6.07) is 7.51. The van der Waals surface area contributed by atoms with E-state index in [0.717, 1.165) is 6.42 Å². The average molecular weight is 300 g/mol. The quantitative estimate of drug-likeness (QED) is 0.857. The van der Waals surface area contributed by atoms with Crippen molar-refractivity contribution < 1.29 is 9.53 Å². The Bertz CT molecular complexity index is 628. The van der Waals surface area contributed by atoms with Crippen LogP contribution in [0.3, 0.4) is 0 Å². The van der Waals surface area contributed by atoms with Gasteiger partial charge in [0, 0.05) is 18.4 Å². The first-order valence-electron chi connectivity index (χ1n) is 7.17. The van der Waals surface area contributed by atoms with E-state index >= 15 is 0 Å². The number of benzene rings is 1. The number of carbonyl (C=O) groups is 1. The Morgan fingerprint density at radius 3 is 2.59 bits per heavy atom. The fourth-order valence-corrected chi connectivity index (χ4v) is 1.78. The van der Waals surface area contributed by atoms with Crippen molar-refractivity contribution in [3.63, 3.8) is 0 Å². The number of aromatic nitrogens is 2. The first-order valence-corrected chi connectivity index (χ1v) is 7.17. The summed E-state index contributed by atoms with van der Waals surface area (Å²) in [5.74, 6) is 0.842. The van der Waals surface area contributed by atoms with Crippen LogP contribution in [0.25, 0.3) is 0 Å². The molecule has 1 aromatic carbocycles. The molecule has 0 bridgehead atoms. The zero-order chi connectivity index (χ0) is 15.9. The Hall–Kier alpha value is -2.63. The Morgan fingerprint density at radius 1 is 1.27 bits per heavy atom. The van der Waals surface area contributed by atoms with E-state index in [9.17, 15) is 4.79 Å². The van der Waals surface area contributed by atoms with E-state index in [1.807, 2.05) is 19.1 Å². The number of carbonyl (C=O) groups excluding carboxylic acids is 1. The molecule has 0 radical (unpaired) electrons. The second-order valence-corrected chi connectivity index (χ2v) is 4.90. The molecule has 0 aliphatic carbocycles. The van der Waals surface area contributed by atoms with Crippen LogP contribution < -0.4 is 15.4 Å². The van der Waals surface area contributed by atoms with Crippen LogP contribution in [-0.4, -0.2) is 29.0 Å². The van der Waals surface area contributed by atoms with Gasteiger partial charge in [0.1, 0.15) is 5.75 Å². The lowest BCUT2D eigenvalue weighted by atomic mass is 10.2. The average Bonchev–Trinajstić information content (AvgIpc) is 2.55. The number of ether oxygens (including phenoxy) is 1. The molecule has 0 aliphatic heterocycles. The molecular weight excluding hydrogens is 280 g/mol. The lowest BCUT2D eigenvalue weighted by Gasteiger charge is -2.12. The predicted octanol–water partition coefficient (Wildman–Crippen LogP) is 2.95. The molecule has 0 saturated carbocycles. The topological polar surface area (TPSA) is 76.1 Å². The van der Waals surface area contributed by atoms with Crippen LogP contribution in [-0.2, 0) is 0 Å². The van der Waals surface area contributed by atoms with Gasteiger partial charge in [0.25, 0.3) is 5.91 Å². The van der Waals surface area contributed by atoms with Gasteiger partial charge in [-0.1, -0.05) is 19.1 Å². The number of hydrogen-bond acceptors (Lipinski definition) is 5. The van der Waals surface area contributed by atoms with Crippen molar-refractivity contribution in [2.45, 2.75) is 26.3 Å². The normalized spacial score (nSPS) is 11.6. The molecule has 2 N–H and O–H groups in total. The molecule has 1 heterocycles. The summed E-state index contributed by atoms with van der Waals surface area (Å²) in [6.07, 6.45) is 3.98. The van der Waals surface area contributed by atoms with Crippen molar-refractivity contribution in [1.82, 2.24) is 9.97 Å². The van der Waals surface area contributed by atoms with Crippen LogP contribution in [0.5, 0.6) is 5.75 Å². The van der Waals surface area contributed by atoms with Gasteiger partial charge in [0.15, 0.2) is 0 Å². The molecule has 2 aromatic rings. The number of para-hydroxylation sites is 2. The number of amides is 1. The highest BCUT2D eigenvalue weighted by atomic mass is 16.5. The van der Waals surface area contributed by atoms with E-state index in [-0.39, 0.29) is 11.9 Å². The molecule has 2 rings (SSSR count). The molecule has 116 valence electrons. The van der Waals surface area contributed by atoms with Gasteiger partial charge in [-0.2, -0.15) is 0 Å². The number of nitrogens with one attached hydrogen (secondary N) is 2. The predicted molar refractivity (Wildman–Crippen MR) is 86.4 cm³/mol. The lowest BCUT2D eigenvalue weighted by molar-refractivity contribution is 0.102. The summed E-state index contributed by atoms with van der Waals surface area (Å²) in [7, 11) is 1.56. The molecule has 1 aromatic heterocycles. The van der Waals surface area contributed by atoms with Gasteiger partial charge < -0.3 is 15.4 Å². The Labute approximate surface area is 129 Å². The first-order chi connectivity index (χ1) is 10.6. The van der Waals surface area contributed by atoms with Gasteiger partial charge in [-0.3, -0.25) is 4.79 Å². The molecule has 6 heteroatoms. The maximum Gasteiger partial charge on any atom is 0.258 e. The largest absolute Gasteiger partial charge is 0.495 e. The summed E-state index contributed by atoms with van der Waals surface area (Å²) in [5.41, 5.74) is 0.998. The molecule has 0 spiro atoms. The van der Waals surface area contributed by atoms with Crippen LogP contribution in [0.1, 0.15) is 30.6 Å². The summed E-state index contributed by atoms with van der Waals surface area (Å²) in [6.45, 7) is 4.12. The highest BCUT2D eigenvalue weighted by molar-refractivity contribution is 6.04. The number of nitrogens with zero attached hydrogens (tertiary/aromatic N) is 2. The molecule has 1 atom stereocenters. The second kappa shape index (κ2) is 7.40. The lowest BCUT2D eigenvalue weighted by Crippen LogP contribution is -2.17. The van der Waals surface area contributed by atoms with E-state index < -0.39 is 0 Å². The maximum absolute atomic E-state index is 12.2. The summed E-state index contributed by atoms with van der Waals surface area (Å²) in [4.78, 5) is 20.5. The Balaban J connectivity index is 2.06. The zero-order valence-electron chi connectivity index (χ0n) is 13.0. The molecule has 1 amide bonds. The Morgan fingerprint density at radius 2 is 1.95 bits per heavy atom. The van der Waals surface area contributed by atoms with Crippen molar-refractivity contribution in [1.29, 1.82) is 0 Å². The van der Waals surface area contributed by atoms with E-state index in [1.165, 1.54) is 12.4 Å². The van der Waals surface area contributed by atoms with Gasteiger partial charge in [-0.15, -0.1) is 0 Å². The molecule has 0 fully saturated rings. The zero-order valence-corrected chi connectivity index (χ0v) is 13.0. The molecule has 0 aliphatic rings. The molecule has 22 heavy (non-hydrogen) atoms. The van der Waals surface area contributed by atoms with E-state index in [0.29, 0.717) is 22.9 Å². The van der Waals surface area contributed by atoms with Crippen molar-refractivity contribution in [2.24, 2.45) is 0 Å². The van der Waals surface area contributed by atoms with Crippen molar-refractivity contribution in [2.75, 3.05) is 17.7 Å². The monoisotopic (exact) mass is 300 g/mol. The SMILES string of the molecule is CCC(C)Nc1ncc(C(=O)Nc2ccccc2OC)cn1. The van der Waals surface area contributed by atoms with E-state index in [1.54, 1.807) is 19.2 Å². The van der Waals surface area contributed by atoms with Crippen molar-refractivity contribution >= 4 is 17.5 Å². The third kappa shape index (κ3) is 3.94. The van der Waals surface area contributed by atoms with Gasteiger partial charge in [0.05, 0.1) is 18.4 Å². The van der Waals surface area contributed by atoms with Crippen molar-refractivity contribution in [3.05, 3.63) is 42.2 Å². The second-order valence-electron chi connectivity index (χ2n) is 4.90. The number of anilines is 2. The van der Waals surface area contributed by atoms with Gasteiger partial charge >= 0.3 is 0 Å². The molecule has 6 nitrogen and oxygen atoms in total. The summed E-state index contributed by atoms with van der Waals surface area (Å²) < 4.78 is 5.20. The highest BCUT2D eigenvalue weighted by Crippen LogP contribution is 2.23. The van der Waals surface area contributed by atoms with Crippen LogP contribution in [0.15, 0.2) is 36.7 Å². The first kappa shape index (κ1) is 15.8. The minimum atomic E-state index is -0.278. The minimum Gasteiger partial charge on any atom is -0.495 e. The number of methoxy groups -OCH3 is 1. The van der Waals surface area contributed by atoms with Crippen LogP contribution >= 0.6 is 0 Å². The minimum absolute atomic E-state index is 0.278. The third-order valence-electron chi connectivity index (χ3n) is 3.26. The summed E-state index contributed by atoms with van der Waals surface area (Å²) in [5, 5.41) is 5.94. The number of hydrogen-bond donors (Lipinski definition) is 2. The van der Waals surface area contributed by atoms with Gasteiger partial charge in [0.2, 0.25) is 5.95 Å². The fraction of sp³-hybridized carbons (Fsp3) is 0.312. The van der Waals surface area contributed by atoms with Crippen LogP contribution in [0, 0.1) is 0 Å². The Kier molecular flexibility index (Phi) is 5.30. The van der Waals surface area contributed by atoms with E-state index in [2.05, 4.69) is 27.5 Å². The van der Waals surface area contributed by atoms with Crippen LogP contribution in [0.2, 0.25) is 0 Å². The van der Waals surface area contributed by atoms with Gasteiger partial charge in [-0.25, -0.2) is 9.97 Å². The highest BCUT2D eigenvalue weighted by Gasteiger charge is 2.11. The number of rotatable bonds is 6. The fourth-order valence-electron chi connectivity index (χ4n) is 1.78. The smallest absolute Gasteiger partial charge is 0.258 e. The van der Waals surface area contributed by atoms with Crippen LogP contribution in [0.4, 0.5) is 11.6 Å². The third-order valence-corrected chi connectivity index (χ3v) is 3.26. The molecular formula is C16H20N4O2.